The van der Waals surface area contributed by atoms with Gasteiger partial charge < -0.3 is 15.5 Å². The molecule has 2 heterocycles. The van der Waals surface area contributed by atoms with Crippen molar-refractivity contribution in [1.82, 2.24) is 20.3 Å². The van der Waals surface area contributed by atoms with Crippen LogP contribution in [0.3, 0.4) is 0 Å². The van der Waals surface area contributed by atoms with Gasteiger partial charge in [-0.3, -0.25) is 4.79 Å². The molecule has 168 valence electrons. The van der Waals surface area contributed by atoms with E-state index in [0.717, 1.165) is 53.8 Å². The van der Waals surface area contributed by atoms with Crippen LogP contribution in [0.1, 0.15) is 31.4 Å². The van der Waals surface area contributed by atoms with Crippen LogP contribution >= 0.6 is 11.8 Å². The monoisotopic (exact) mass is 450 g/mol. The van der Waals surface area contributed by atoms with Crippen molar-refractivity contribution in [2.24, 2.45) is 0 Å². The maximum atomic E-state index is 12.4. The van der Waals surface area contributed by atoms with Gasteiger partial charge in [-0.2, -0.15) is 0 Å². The minimum atomic E-state index is 0.0448. The molecule has 0 unspecified atom stereocenters. The van der Waals surface area contributed by atoms with Gasteiger partial charge in [-0.05, 0) is 44.7 Å². The second kappa shape index (κ2) is 10.2. The molecule has 1 aliphatic carbocycles. The van der Waals surface area contributed by atoms with E-state index in [-0.39, 0.29) is 11.9 Å². The van der Waals surface area contributed by atoms with Gasteiger partial charge >= 0.3 is 0 Å². The van der Waals surface area contributed by atoms with Gasteiger partial charge in [0.2, 0.25) is 5.91 Å². The summed E-state index contributed by atoms with van der Waals surface area (Å²) >= 11 is 1.38. The molecule has 2 N–H and O–H groups in total. The SMILES string of the molecule is Cc1ccnc(SCC(=O)N[C@H]2CC[C@@H](Nc3cc(N(C)C)c4ccccc4n3)CC2)n1. The number of aromatic nitrogens is 3. The van der Waals surface area contributed by atoms with Crippen molar-refractivity contribution in [3.63, 3.8) is 0 Å². The van der Waals surface area contributed by atoms with E-state index in [1.165, 1.54) is 11.8 Å². The molecule has 1 aliphatic rings. The number of benzene rings is 1. The molecule has 0 atom stereocenters. The van der Waals surface area contributed by atoms with Crippen molar-refractivity contribution in [3.8, 4) is 0 Å². The number of anilines is 2. The average molecular weight is 451 g/mol. The van der Waals surface area contributed by atoms with Gasteiger partial charge in [-0.1, -0.05) is 30.0 Å². The molecular weight excluding hydrogens is 420 g/mol. The summed E-state index contributed by atoms with van der Waals surface area (Å²) < 4.78 is 0. The van der Waals surface area contributed by atoms with Gasteiger partial charge in [-0.25, -0.2) is 15.0 Å². The highest BCUT2D eigenvalue weighted by molar-refractivity contribution is 7.99. The number of carbonyl (C=O) groups excluding carboxylic acids is 1. The lowest BCUT2D eigenvalue weighted by atomic mass is 9.91. The van der Waals surface area contributed by atoms with Crippen molar-refractivity contribution in [2.75, 3.05) is 30.1 Å². The van der Waals surface area contributed by atoms with E-state index in [2.05, 4.69) is 57.8 Å². The summed E-state index contributed by atoms with van der Waals surface area (Å²) in [5, 5.41) is 8.60. The number of carbonyl (C=O) groups is 1. The molecular formula is C24H30N6OS. The van der Waals surface area contributed by atoms with Crippen LogP contribution in [-0.2, 0) is 4.79 Å². The van der Waals surface area contributed by atoms with Crippen LogP contribution < -0.4 is 15.5 Å². The molecule has 7 nitrogen and oxygen atoms in total. The third-order valence-electron chi connectivity index (χ3n) is 5.73. The summed E-state index contributed by atoms with van der Waals surface area (Å²) in [6.07, 6.45) is 5.66. The first-order valence-corrected chi connectivity index (χ1v) is 12.0. The van der Waals surface area contributed by atoms with Gasteiger partial charge in [0, 0.05) is 55.2 Å². The zero-order chi connectivity index (χ0) is 22.5. The number of para-hydroxylation sites is 1. The lowest BCUT2D eigenvalue weighted by Gasteiger charge is -2.30. The van der Waals surface area contributed by atoms with Gasteiger partial charge in [0.05, 0.1) is 11.3 Å². The molecule has 0 bridgehead atoms. The molecule has 2 aromatic heterocycles. The Kier molecular flexibility index (Phi) is 7.09. The van der Waals surface area contributed by atoms with E-state index in [9.17, 15) is 4.79 Å². The molecule has 1 amide bonds. The Bertz CT molecular complexity index is 1080. The first kappa shape index (κ1) is 22.3. The van der Waals surface area contributed by atoms with Gasteiger partial charge in [0.25, 0.3) is 0 Å². The smallest absolute Gasteiger partial charge is 0.230 e. The van der Waals surface area contributed by atoms with Crippen molar-refractivity contribution in [3.05, 3.63) is 48.3 Å². The quantitative estimate of drug-likeness (QED) is 0.415. The highest BCUT2D eigenvalue weighted by Crippen LogP contribution is 2.29. The first-order valence-electron chi connectivity index (χ1n) is 11.0. The molecule has 0 spiro atoms. The number of hydrogen-bond acceptors (Lipinski definition) is 7. The Labute approximate surface area is 193 Å². The topological polar surface area (TPSA) is 83.0 Å². The molecule has 1 fully saturated rings. The Balaban J connectivity index is 1.28. The maximum absolute atomic E-state index is 12.4. The minimum absolute atomic E-state index is 0.0448. The summed E-state index contributed by atoms with van der Waals surface area (Å²) in [4.78, 5) is 27.8. The predicted molar refractivity (Wildman–Crippen MR) is 131 cm³/mol. The summed E-state index contributed by atoms with van der Waals surface area (Å²) in [7, 11) is 4.12. The molecule has 8 heteroatoms. The van der Waals surface area contributed by atoms with E-state index in [4.69, 9.17) is 4.98 Å². The largest absolute Gasteiger partial charge is 0.377 e. The Morgan fingerprint density at radius 1 is 1.09 bits per heavy atom. The number of fused-ring (bicyclic) bond motifs is 1. The summed E-state index contributed by atoms with van der Waals surface area (Å²) in [5.74, 6) is 1.30. The number of nitrogens with one attached hydrogen (secondary N) is 2. The standard InChI is InChI=1S/C24H30N6OS/c1-16-12-13-25-24(26-16)32-15-23(31)28-18-10-8-17(9-11-18)27-22-14-21(30(2)3)19-6-4-5-7-20(19)29-22/h4-7,12-14,17-18H,8-11,15H2,1-3H3,(H,27,29)(H,28,31)/t17-,18+. The Morgan fingerprint density at radius 3 is 2.59 bits per heavy atom. The highest BCUT2D eigenvalue weighted by atomic mass is 32.2. The van der Waals surface area contributed by atoms with E-state index < -0.39 is 0 Å². The fraction of sp³-hybridized carbons (Fsp3) is 0.417. The molecule has 32 heavy (non-hydrogen) atoms. The van der Waals surface area contributed by atoms with Crippen LogP contribution in [0.25, 0.3) is 10.9 Å². The van der Waals surface area contributed by atoms with Gasteiger partial charge in [-0.15, -0.1) is 0 Å². The molecule has 4 rings (SSSR count). The lowest BCUT2D eigenvalue weighted by Crippen LogP contribution is -2.41. The van der Waals surface area contributed by atoms with Crippen LogP contribution in [0.5, 0.6) is 0 Å². The van der Waals surface area contributed by atoms with Gasteiger partial charge in [0.15, 0.2) is 5.16 Å². The number of amides is 1. The van der Waals surface area contributed by atoms with Crippen molar-refractivity contribution in [1.29, 1.82) is 0 Å². The normalized spacial score (nSPS) is 18.3. The highest BCUT2D eigenvalue weighted by Gasteiger charge is 2.23. The molecule has 1 saturated carbocycles. The molecule has 3 aromatic rings. The zero-order valence-electron chi connectivity index (χ0n) is 18.8. The molecule has 0 radical (unpaired) electrons. The number of thioether (sulfide) groups is 1. The van der Waals surface area contributed by atoms with E-state index in [1.807, 2.05) is 25.1 Å². The second-order valence-electron chi connectivity index (χ2n) is 8.47. The number of aryl methyl sites for hydroxylation is 1. The van der Waals surface area contributed by atoms with Crippen LogP contribution in [0.4, 0.5) is 11.5 Å². The van der Waals surface area contributed by atoms with Gasteiger partial charge in [0.1, 0.15) is 5.82 Å². The zero-order valence-corrected chi connectivity index (χ0v) is 19.7. The van der Waals surface area contributed by atoms with Crippen molar-refractivity contribution in [2.45, 2.75) is 49.8 Å². The fourth-order valence-electron chi connectivity index (χ4n) is 4.09. The van der Waals surface area contributed by atoms with Crippen LogP contribution in [0.15, 0.2) is 47.8 Å². The third kappa shape index (κ3) is 5.68. The second-order valence-corrected chi connectivity index (χ2v) is 9.41. The van der Waals surface area contributed by atoms with Crippen LogP contribution in [-0.4, -0.2) is 52.8 Å². The van der Waals surface area contributed by atoms with Crippen LogP contribution in [0, 0.1) is 6.92 Å². The fourth-order valence-corrected chi connectivity index (χ4v) is 4.77. The van der Waals surface area contributed by atoms with E-state index >= 15 is 0 Å². The predicted octanol–water partition coefficient (Wildman–Crippen LogP) is 4.03. The average Bonchev–Trinajstić information content (AvgIpc) is 2.78. The molecule has 0 aliphatic heterocycles. The summed E-state index contributed by atoms with van der Waals surface area (Å²) in [5.41, 5.74) is 3.07. The van der Waals surface area contributed by atoms with Crippen molar-refractivity contribution >= 4 is 40.1 Å². The van der Waals surface area contributed by atoms with Crippen molar-refractivity contribution < 1.29 is 4.79 Å². The Hall–Kier alpha value is -2.87. The number of rotatable bonds is 7. The maximum Gasteiger partial charge on any atom is 0.230 e. The summed E-state index contributed by atoms with van der Waals surface area (Å²) in [6, 6.07) is 12.8. The first-order chi connectivity index (χ1) is 15.5. The molecule has 1 aromatic carbocycles. The molecule has 0 saturated heterocycles. The Morgan fingerprint density at radius 2 is 1.84 bits per heavy atom. The van der Waals surface area contributed by atoms with E-state index in [1.54, 1.807) is 6.20 Å². The number of nitrogens with zero attached hydrogens (tertiary/aromatic N) is 4. The minimum Gasteiger partial charge on any atom is -0.377 e. The van der Waals surface area contributed by atoms with Crippen LogP contribution in [0.2, 0.25) is 0 Å². The summed E-state index contributed by atoms with van der Waals surface area (Å²) in [6.45, 7) is 1.92. The third-order valence-corrected chi connectivity index (χ3v) is 6.59. The number of pyridine rings is 1. The van der Waals surface area contributed by atoms with E-state index in [0.29, 0.717) is 17.0 Å². The lowest BCUT2D eigenvalue weighted by molar-refractivity contribution is -0.119. The number of hydrogen-bond donors (Lipinski definition) is 2.